The summed E-state index contributed by atoms with van der Waals surface area (Å²) >= 11 is 0. The van der Waals surface area contributed by atoms with Crippen LogP contribution < -0.4 is 10.6 Å². The molecule has 1 aliphatic rings. The lowest BCUT2D eigenvalue weighted by Gasteiger charge is -2.31. The van der Waals surface area contributed by atoms with E-state index in [0.29, 0.717) is 0 Å². The van der Waals surface area contributed by atoms with Gasteiger partial charge in [0.1, 0.15) is 7.14 Å². The highest BCUT2D eigenvalue weighted by atomic mass is 31.2. The summed E-state index contributed by atoms with van der Waals surface area (Å²) in [5.74, 6) is 0. The fourth-order valence-corrected chi connectivity index (χ4v) is 7.00. The highest BCUT2D eigenvalue weighted by molar-refractivity contribution is 7.79. The second kappa shape index (κ2) is 6.81. The standard InChI is InChI=1S/C19H23O2P/c20-18-14-8-3-9-15-19(18)22(21,16-10-4-1-5-11-16)17-12-6-2-7-13-17/h1-2,4-7,10-13,18-20H,3,8-9,14-15H2/t18-,19-/m1/s1. The Balaban J connectivity index is 2.13. The van der Waals surface area contributed by atoms with Crippen LogP contribution >= 0.6 is 7.14 Å². The van der Waals surface area contributed by atoms with Gasteiger partial charge in [0, 0.05) is 16.3 Å². The van der Waals surface area contributed by atoms with Gasteiger partial charge in [-0.1, -0.05) is 79.9 Å². The minimum atomic E-state index is -2.83. The average Bonchev–Trinajstić information content (AvgIpc) is 2.80. The van der Waals surface area contributed by atoms with Gasteiger partial charge < -0.3 is 9.67 Å². The zero-order valence-corrected chi connectivity index (χ0v) is 13.7. The van der Waals surface area contributed by atoms with E-state index < -0.39 is 13.2 Å². The summed E-state index contributed by atoms with van der Waals surface area (Å²) in [6.45, 7) is 0. The summed E-state index contributed by atoms with van der Waals surface area (Å²) < 4.78 is 14.2. The summed E-state index contributed by atoms with van der Waals surface area (Å²) in [5, 5.41) is 12.4. The second-order valence-electron chi connectivity index (χ2n) is 6.10. The third-order valence-electron chi connectivity index (χ3n) is 4.69. The Morgan fingerprint density at radius 3 is 1.82 bits per heavy atom. The molecule has 2 aromatic rings. The highest BCUT2D eigenvalue weighted by Crippen LogP contribution is 2.53. The van der Waals surface area contributed by atoms with E-state index in [4.69, 9.17) is 0 Å². The van der Waals surface area contributed by atoms with E-state index in [1.807, 2.05) is 60.7 Å². The first-order chi connectivity index (χ1) is 10.7. The summed E-state index contributed by atoms with van der Waals surface area (Å²) in [6, 6.07) is 19.4. The number of aliphatic hydroxyl groups is 1. The first-order valence-corrected chi connectivity index (χ1v) is 9.89. The van der Waals surface area contributed by atoms with E-state index in [9.17, 15) is 9.67 Å². The van der Waals surface area contributed by atoms with Crippen molar-refractivity contribution in [3.8, 4) is 0 Å². The molecule has 1 fully saturated rings. The first-order valence-electron chi connectivity index (χ1n) is 8.12. The predicted octanol–water partition coefficient (Wildman–Crippen LogP) is 3.69. The number of rotatable bonds is 3. The molecule has 3 heteroatoms. The predicted molar refractivity (Wildman–Crippen MR) is 92.6 cm³/mol. The molecule has 2 nitrogen and oxygen atoms in total. The summed E-state index contributed by atoms with van der Waals surface area (Å²) in [4.78, 5) is 0. The second-order valence-corrected chi connectivity index (χ2v) is 9.11. The molecule has 0 bridgehead atoms. The van der Waals surface area contributed by atoms with Crippen molar-refractivity contribution in [3.63, 3.8) is 0 Å². The Morgan fingerprint density at radius 2 is 1.27 bits per heavy atom. The quantitative estimate of drug-likeness (QED) is 0.693. The van der Waals surface area contributed by atoms with Gasteiger partial charge in [-0.2, -0.15) is 0 Å². The maximum absolute atomic E-state index is 14.2. The van der Waals surface area contributed by atoms with E-state index in [-0.39, 0.29) is 5.66 Å². The molecule has 0 spiro atoms. The van der Waals surface area contributed by atoms with Crippen molar-refractivity contribution < 1.29 is 9.67 Å². The summed E-state index contributed by atoms with van der Waals surface area (Å²) in [7, 11) is -2.83. The lowest BCUT2D eigenvalue weighted by molar-refractivity contribution is 0.160. The van der Waals surface area contributed by atoms with Crippen LogP contribution in [0.5, 0.6) is 0 Å². The van der Waals surface area contributed by atoms with Gasteiger partial charge in [-0.25, -0.2) is 0 Å². The van der Waals surface area contributed by atoms with Gasteiger partial charge in [-0.05, 0) is 12.8 Å². The third kappa shape index (κ3) is 2.91. The van der Waals surface area contributed by atoms with Crippen molar-refractivity contribution in [1.82, 2.24) is 0 Å². The van der Waals surface area contributed by atoms with Crippen molar-refractivity contribution in [2.75, 3.05) is 0 Å². The molecule has 22 heavy (non-hydrogen) atoms. The summed E-state index contributed by atoms with van der Waals surface area (Å²) in [5.41, 5.74) is -0.167. The van der Waals surface area contributed by atoms with Gasteiger partial charge in [0.15, 0.2) is 0 Å². The molecule has 0 heterocycles. The average molecular weight is 314 g/mol. The molecule has 1 aliphatic carbocycles. The van der Waals surface area contributed by atoms with Crippen LogP contribution in [0.1, 0.15) is 32.1 Å². The van der Waals surface area contributed by atoms with E-state index in [1.54, 1.807) is 0 Å². The van der Waals surface area contributed by atoms with Crippen molar-refractivity contribution in [1.29, 1.82) is 0 Å². The highest BCUT2D eigenvalue weighted by Gasteiger charge is 2.40. The van der Waals surface area contributed by atoms with Gasteiger partial charge in [0.05, 0.1) is 6.10 Å². The number of hydrogen-bond acceptors (Lipinski definition) is 2. The fourth-order valence-electron chi connectivity index (χ4n) is 3.52. The van der Waals surface area contributed by atoms with Crippen LogP contribution in [-0.2, 0) is 4.57 Å². The van der Waals surface area contributed by atoms with Gasteiger partial charge in [-0.3, -0.25) is 0 Å². The molecule has 2 aromatic carbocycles. The van der Waals surface area contributed by atoms with Crippen LogP contribution in [0.15, 0.2) is 60.7 Å². The van der Waals surface area contributed by atoms with Gasteiger partial charge in [0.25, 0.3) is 0 Å². The normalized spacial score (nSPS) is 23.0. The van der Waals surface area contributed by atoms with Crippen molar-refractivity contribution in [2.24, 2.45) is 0 Å². The minimum absolute atomic E-state index is 0.167. The molecule has 1 saturated carbocycles. The first kappa shape index (κ1) is 15.5. The van der Waals surface area contributed by atoms with Crippen molar-refractivity contribution in [3.05, 3.63) is 60.7 Å². The molecule has 0 unspecified atom stereocenters. The van der Waals surface area contributed by atoms with Gasteiger partial charge in [0.2, 0.25) is 0 Å². The molecule has 0 radical (unpaired) electrons. The van der Waals surface area contributed by atoms with Crippen LogP contribution in [0.4, 0.5) is 0 Å². The fraction of sp³-hybridized carbons (Fsp3) is 0.368. The largest absolute Gasteiger partial charge is 0.392 e. The van der Waals surface area contributed by atoms with Crippen LogP contribution in [0.2, 0.25) is 0 Å². The maximum Gasteiger partial charge on any atom is 0.148 e. The number of hydrogen-bond donors (Lipinski definition) is 1. The zero-order valence-electron chi connectivity index (χ0n) is 12.8. The van der Waals surface area contributed by atoms with Gasteiger partial charge in [-0.15, -0.1) is 0 Å². The molecule has 0 saturated heterocycles. The number of aliphatic hydroxyl groups excluding tert-OH is 1. The lowest BCUT2D eigenvalue weighted by Crippen LogP contribution is -2.34. The Kier molecular flexibility index (Phi) is 4.81. The van der Waals surface area contributed by atoms with Crippen molar-refractivity contribution >= 4 is 17.8 Å². The number of benzene rings is 2. The topological polar surface area (TPSA) is 37.3 Å². The molecular formula is C19H23O2P. The summed E-state index contributed by atoms with van der Waals surface area (Å²) in [6.07, 6.45) is 4.31. The lowest BCUT2D eigenvalue weighted by atomic mass is 10.1. The maximum atomic E-state index is 14.2. The minimum Gasteiger partial charge on any atom is -0.392 e. The Bertz CT molecular complexity index is 595. The molecule has 0 aliphatic heterocycles. The van der Waals surface area contributed by atoms with E-state index in [0.717, 1.165) is 42.7 Å². The van der Waals surface area contributed by atoms with Crippen LogP contribution in [0.25, 0.3) is 0 Å². The zero-order chi connectivity index (χ0) is 15.4. The molecule has 0 amide bonds. The van der Waals surface area contributed by atoms with E-state index >= 15 is 0 Å². The Hall–Kier alpha value is -1.37. The third-order valence-corrected chi connectivity index (χ3v) is 8.36. The van der Waals surface area contributed by atoms with E-state index in [2.05, 4.69) is 0 Å². The Labute approximate surface area is 132 Å². The van der Waals surface area contributed by atoms with Crippen LogP contribution in [0.3, 0.4) is 0 Å². The Morgan fingerprint density at radius 1 is 0.773 bits per heavy atom. The van der Waals surface area contributed by atoms with Gasteiger partial charge >= 0.3 is 0 Å². The van der Waals surface area contributed by atoms with Crippen LogP contribution in [-0.4, -0.2) is 16.9 Å². The van der Waals surface area contributed by atoms with Crippen LogP contribution in [0, 0.1) is 0 Å². The molecule has 2 atom stereocenters. The van der Waals surface area contributed by atoms with E-state index in [1.165, 1.54) is 0 Å². The monoisotopic (exact) mass is 314 g/mol. The molecule has 116 valence electrons. The van der Waals surface area contributed by atoms with Crippen molar-refractivity contribution in [2.45, 2.75) is 43.9 Å². The molecule has 1 N–H and O–H groups in total. The molecule has 0 aromatic heterocycles. The SMILES string of the molecule is O=P(c1ccccc1)(c1ccccc1)[C@@H]1CCCCC[C@H]1O. The molecule has 3 rings (SSSR count). The molecular weight excluding hydrogens is 291 g/mol. The smallest absolute Gasteiger partial charge is 0.148 e.